The number of hydrogen-bond acceptors (Lipinski definition) is 7. The van der Waals surface area contributed by atoms with Crippen LogP contribution in [0.3, 0.4) is 0 Å². The summed E-state index contributed by atoms with van der Waals surface area (Å²) in [6, 6.07) is 10.9. The van der Waals surface area contributed by atoms with E-state index < -0.39 is 6.67 Å². The van der Waals surface area contributed by atoms with Crippen molar-refractivity contribution >= 4 is 45.1 Å². The van der Waals surface area contributed by atoms with Gasteiger partial charge in [0.25, 0.3) is 5.01 Å². The van der Waals surface area contributed by atoms with Gasteiger partial charge in [-0.3, -0.25) is 0 Å². The van der Waals surface area contributed by atoms with E-state index in [2.05, 4.69) is 0 Å². The fourth-order valence-electron chi connectivity index (χ4n) is 3.54. The van der Waals surface area contributed by atoms with Gasteiger partial charge in [-0.15, -0.1) is 0 Å². The van der Waals surface area contributed by atoms with Gasteiger partial charge >= 0.3 is 0 Å². The minimum atomic E-state index is -0.546. The highest BCUT2D eigenvalue weighted by atomic mass is 32.2. The van der Waals surface area contributed by atoms with Gasteiger partial charge in [0.05, 0.1) is 23.4 Å². The third kappa shape index (κ3) is 4.75. The van der Waals surface area contributed by atoms with Gasteiger partial charge in [-0.25, -0.2) is 4.39 Å². The first kappa shape index (κ1) is 22.6. The lowest BCUT2D eigenvalue weighted by molar-refractivity contribution is -0.670. The zero-order valence-corrected chi connectivity index (χ0v) is 18.9. The average molecular weight is 476 g/mol. The van der Waals surface area contributed by atoms with E-state index in [0.717, 1.165) is 30.8 Å². The molecule has 0 radical (unpaired) electrons. The standard InChI is InChI=1S/C23H23FN2O4S2/c24-8-13-30-17-5-7-21-19(15-17)26(10-12-28)23(32-21)3-1-2-22-25(9-11-27)18-14-16(29)4-6-20(18)31-22/h1-7,14-15,27-28H,8-13H2/p+1. The third-order valence-corrected chi connectivity index (χ3v) is 7.15. The number of hydrogen-bond donors (Lipinski definition) is 3. The first-order chi connectivity index (χ1) is 15.6. The van der Waals surface area contributed by atoms with Gasteiger partial charge in [0, 0.05) is 23.6 Å². The van der Waals surface area contributed by atoms with Crippen LogP contribution in [0.4, 0.5) is 10.1 Å². The summed E-state index contributed by atoms with van der Waals surface area (Å²) in [6.07, 6.45) is 5.89. The fourth-order valence-corrected chi connectivity index (χ4v) is 5.70. The van der Waals surface area contributed by atoms with Crippen LogP contribution in [-0.2, 0) is 6.54 Å². The molecule has 168 valence electrons. The molecule has 0 atom stereocenters. The minimum absolute atomic E-state index is 0.00364. The molecule has 32 heavy (non-hydrogen) atoms. The second-order valence-corrected chi connectivity index (χ2v) is 9.10. The third-order valence-electron chi connectivity index (χ3n) is 4.89. The number of thiazole rings is 1. The minimum Gasteiger partial charge on any atom is -0.508 e. The Morgan fingerprint density at radius 3 is 2.78 bits per heavy atom. The number of halogens is 1. The SMILES string of the molecule is OCCN1/C(=C/C=C/c2sc3ccc(OCCF)cc3[n+]2CCO)Sc2ccc(O)cc21. The summed E-state index contributed by atoms with van der Waals surface area (Å²) in [6.45, 7) is 0.314. The summed E-state index contributed by atoms with van der Waals surface area (Å²) < 4.78 is 20.9. The number of benzene rings is 2. The number of thioether (sulfide) groups is 1. The number of fused-ring (bicyclic) bond motifs is 2. The average Bonchev–Trinajstić information content (AvgIpc) is 3.30. The van der Waals surface area contributed by atoms with Gasteiger partial charge in [0.1, 0.15) is 36.1 Å². The summed E-state index contributed by atoms with van der Waals surface area (Å²) >= 11 is 3.17. The number of ether oxygens (including phenoxy) is 1. The normalized spacial score (nSPS) is 14.7. The van der Waals surface area contributed by atoms with E-state index in [1.165, 1.54) is 0 Å². The summed E-state index contributed by atoms with van der Waals surface area (Å²) in [5, 5.41) is 30.8. The quantitative estimate of drug-likeness (QED) is 0.410. The predicted molar refractivity (Wildman–Crippen MR) is 126 cm³/mol. The number of aromatic hydroxyl groups is 1. The number of aliphatic hydroxyl groups excluding tert-OH is 2. The summed E-state index contributed by atoms with van der Waals surface area (Å²) in [5.41, 5.74) is 1.80. The highest BCUT2D eigenvalue weighted by molar-refractivity contribution is 8.03. The Kier molecular flexibility index (Phi) is 7.31. The lowest BCUT2D eigenvalue weighted by atomic mass is 10.2. The highest BCUT2D eigenvalue weighted by Crippen LogP contribution is 2.47. The van der Waals surface area contributed by atoms with Crippen LogP contribution in [0.2, 0.25) is 0 Å². The molecule has 0 fully saturated rings. The van der Waals surface area contributed by atoms with E-state index in [1.54, 1.807) is 35.2 Å². The van der Waals surface area contributed by atoms with Crippen LogP contribution in [0, 0.1) is 0 Å². The van der Waals surface area contributed by atoms with Gasteiger partial charge in [-0.1, -0.05) is 29.2 Å². The van der Waals surface area contributed by atoms with Crippen molar-refractivity contribution in [2.75, 3.05) is 37.9 Å². The van der Waals surface area contributed by atoms with Crippen molar-refractivity contribution in [1.29, 1.82) is 0 Å². The molecule has 0 amide bonds. The molecule has 3 N–H and O–H groups in total. The molecule has 1 aliphatic heterocycles. The molecule has 4 rings (SSSR count). The molecular weight excluding hydrogens is 451 g/mol. The van der Waals surface area contributed by atoms with Gasteiger partial charge in [-0.05, 0) is 30.3 Å². The molecule has 0 aliphatic carbocycles. The van der Waals surface area contributed by atoms with Gasteiger partial charge in [0.15, 0.2) is 6.54 Å². The fraction of sp³-hybridized carbons (Fsp3) is 0.261. The lowest BCUT2D eigenvalue weighted by Crippen LogP contribution is -2.36. The zero-order valence-electron chi connectivity index (χ0n) is 17.3. The number of phenolic OH excluding ortho intramolecular Hbond substituents is 1. The van der Waals surface area contributed by atoms with Gasteiger partial charge < -0.3 is 25.0 Å². The largest absolute Gasteiger partial charge is 0.508 e. The summed E-state index contributed by atoms with van der Waals surface area (Å²) in [5.74, 6) is 0.787. The molecule has 9 heteroatoms. The Balaban J connectivity index is 1.63. The number of aliphatic hydroxyl groups is 2. The van der Waals surface area contributed by atoms with Crippen LogP contribution in [0.5, 0.6) is 11.5 Å². The molecule has 0 spiro atoms. The number of β-amino-alcohol motifs (C(OH)–C–C–N with tert-alkyl or cyclic N) is 1. The maximum Gasteiger partial charge on any atom is 0.262 e. The molecule has 1 aromatic heterocycles. The van der Waals surface area contributed by atoms with Crippen molar-refractivity contribution in [1.82, 2.24) is 0 Å². The Morgan fingerprint density at radius 1 is 1.12 bits per heavy atom. The molecule has 0 saturated carbocycles. The van der Waals surface area contributed by atoms with Crippen LogP contribution in [0.25, 0.3) is 16.3 Å². The molecule has 0 saturated heterocycles. The smallest absolute Gasteiger partial charge is 0.262 e. The molecule has 0 bridgehead atoms. The molecule has 2 aromatic carbocycles. The van der Waals surface area contributed by atoms with Crippen LogP contribution in [0.1, 0.15) is 5.01 Å². The summed E-state index contributed by atoms with van der Waals surface area (Å²) in [7, 11) is 0. The van der Waals surface area contributed by atoms with E-state index in [-0.39, 0.29) is 25.6 Å². The van der Waals surface area contributed by atoms with E-state index in [1.807, 2.05) is 52.0 Å². The maximum absolute atomic E-state index is 12.4. The molecule has 0 unspecified atom stereocenters. The topological polar surface area (TPSA) is 77.0 Å². The van der Waals surface area contributed by atoms with Crippen molar-refractivity contribution in [3.05, 3.63) is 58.6 Å². The number of anilines is 1. The summed E-state index contributed by atoms with van der Waals surface area (Å²) in [4.78, 5) is 3.00. The first-order valence-corrected chi connectivity index (χ1v) is 11.8. The molecular formula is C23H24FN2O4S2+. The second-order valence-electron chi connectivity index (χ2n) is 6.98. The van der Waals surface area contributed by atoms with Crippen molar-refractivity contribution in [2.45, 2.75) is 11.4 Å². The Morgan fingerprint density at radius 2 is 2.00 bits per heavy atom. The zero-order chi connectivity index (χ0) is 22.5. The van der Waals surface area contributed by atoms with Crippen LogP contribution in [-0.4, -0.2) is 48.4 Å². The number of phenols is 1. The van der Waals surface area contributed by atoms with Gasteiger partial charge in [-0.2, -0.15) is 4.57 Å². The van der Waals surface area contributed by atoms with E-state index in [4.69, 9.17) is 4.74 Å². The predicted octanol–water partition coefficient (Wildman–Crippen LogP) is 3.69. The van der Waals surface area contributed by atoms with Gasteiger partial charge in [0.2, 0.25) is 5.52 Å². The number of allylic oxidation sites excluding steroid dienone is 2. The maximum atomic E-state index is 12.4. The molecule has 6 nitrogen and oxygen atoms in total. The monoisotopic (exact) mass is 475 g/mol. The van der Waals surface area contributed by atoms with Crippen molar-refractivity contribution < 1.29 is 29.0 Å². The number of alkyl halides is 1. The highest BCUT2D eigenvalue weighted by Gasteiger charge is 2.25. The van der Waals surface area contributed by atoms with Crippen molar-refractivity contribution in [2.24, 2.45) is 0 Å². The van der Waals surface area contributed by atoms with Crippen molar-refractivity contribution in [3.63, 3.8) is 0 Å². The Labute approximate surface area is 193 Å². The van der Waals surface area contributed by atoms with Crippen LogP contribution in [0.15, 0.2) is 58.5 Å². The van der Waals surface area contributed by atoms with E-state index in [0.29, 0.717) is 18.8 Å². The van der Waals surface area contributed by atoms with E-state index >= 15 is 0 Å². The van der Waals surface area contributed by atoms with Crippen molar-refractivity contribution in [3.8, 4) is 11.5 Å². The van der Waals surface area contributed by atoms with Crippen LogP contribution < -0.4 is 14.2 Å². The molecule has 1 aliphatic rings. The number of nitrogens with zero attached hydrogens (tertiary/aromatic N) is 2. The first-order valence-electron chi connectivity index (χ1n) is 10.2. The Hall–Kier alpha value is -2.59. The molecule has 2 heterocycles. The lowest BCUT2D eigenvalue weighted by Gasteiger charge is -2.18. The molecule has 3 aromatic rings. The second kappa shape index (κ2) is 10.4. The van der Waals surface area contributed by atoms with E-state index in [9.17, 15) is 19.7 Å². The van der Waals surface area contributed by atoms with Crippen LogP contribution >= 0.6 is 23.1 Å². The number of rotatable bonds is 9. The number of aromatic nitrogens is 1. The Bertz CT molecular complexity index is 1160.